The van der Waals surface area contributed by atoms with Gasteiger partial charge in [0.05, 0.1) is 18.7 Å². The van der Waals surface area contributed by atoms with Crippen molar-refractivity contribution in [2.75, 3.05) is 33.8 Å². The van der Waals surface area contributed by atoms with Gasteiger partial charge in [0, 0.05) is 61.9 Å². The van der Waals surface area contributed by atoms with E-state index in [1.807, 2.05) is 59.1 Å². The van der Waals surface area contributed by atoms with Crippen LogP contribution in [-0.4, -0.2) is 65.0 Å². The van der Waals surface area contributed by atoms with Gasteiger partial charge in [0.2, 0.25) is 0 Å². The van der Waals surface area contributed by atoms with Gasteiger partial charge in [-0.3, -0.25) is 9.59 Å². The third-order valence-corrected chi connectivity index (χ3v) is 7.03. The van der Waals surface area contributed by atoms with E-state index in [1.165, 1.54) is 11.3 Å². The molecule has 8 heteroatoms. The molecule has 1 aromatic carbocycles. The molecule has 0 spiro atoms. The van der Waals surface area contributed by atoms with Gasteiger partial charge in [-0.25, -0.2) is 4.98 Å². The fourth-order valence-electron chi connectivity index (χ4n) is 4.32. The maximum absolute atomic E-state index is 13.5. The highest BCUT2D eigenvalue weighted by Gasteiger charge is 2.33. The summed E-state index contributed by atoms with van der Waals surface area (Å²) in [5.41, 5.74) is 2.53. The number of benzene rings is 1. The third kappa shape index (κ3) is 3.36. The van der Waals surface area contributed by atoms with Gasteiger partial charge in [0.25, 0.3) is 11.8 Å². The lowest BCUT2D eigenvalue weighted by molar-refractivity contribution is -0.0222. The van der Waals surface area contributed by atoms with Gasteiger partial charge in [-0.2, -0.15) is 0 Å². The Morgan fingerprint density at radius 3 is 2.75 bits per heavy atom. The number of ether oxygens (including phenoxy) is 1. The van der Waals surface area contributed by atoms with Crippen LogP contribution in [0.4, 0.5) is 0 Å². The molecule has 5 rings (SSSR count). The Bertz CT molecular complexity index is 1340. The number of carbonyl (C=O) groups excluding carboxylic acids is 2. The molecule has 0 aliphatic carbocycles. The number of rotatable bonds is 3. The number of morpholine rings is 1. The van der Waals surface area contributed by atoms with Crippen molar-refractivity contribution in [2.45, 2.75) is 6.10 Å². The first kappa shape index (κ1) is 20.7. The first-order valence-electron chi connectivity index (χ1n) is 10.5. The lowest BCUT2D eigenvalue weighted by Crippen LogP contribution is -2.42. The number of fused-ring (bicyclic) bond motifs is 2. The zero-order valence-electron chi connectivity index (χ0n) is 18.2. The summed E-state index contributed by atoms with van der Waals surface area (Å²) in [6, 6.07) is 11.7. The molecule has 0 N–H and O–H groups in total. The summed E-state index contributed by atoms with van der Waals surface area (Å²) >= 11 is 1.38. The number of carbonyl (C=O) groups is 2. The summed E-state index contributed by atoms with van der Waals surface area (Å²) in [5.74, 6) is -0.0997. The Kier molecular flexibility index (Phi) is 5.19. The average molecular weight is 449 g/mol. The van der Waals surface area contributed by atoms with Gasteiger partial charge in [0.15, 0.2) is 0 Å². The standard InChI is InChI=1S/C24H24N4O3S/c1-26(2)24(30)21-20(16-8-6-10-25-22(16)32-21)19-14-28(11-12-31-19)23(29)17-13-27(3)18-9-5-4-7-15(17)18/h4-10,13,19H,11-12,14H2,1-3H3. The third-order valence-electron chi connectivity index (χ3n) is 5.91. The molecule has 1 saturated heterocycles. The molecule has 1 aliphatic heterocycles. The smallest absolute Gasteiger partial charge is 0.263 e. The van der Waals surface area contributed by atoms with Crippen molar-refractivity contribution in [2.24, 2.45) is 7.05 Å². The van der Waals surface area contributed by atoms with Crippen molar-refractivity contribution in [3.8, 4) is 0 Å². The van der Waals surface area contributed by atoms with Gasteiger partial charge >= 0.3 is 0 Å². The number of aromatic nitrogens is 2. The zero-order valence-corrected chi connectivity index (χ0v) is 19.1. The van der Waals surface area contributed by atoms with Crippen LogP contribution >= 0.6 is 11.3 Å². The predicted octanol–water partition coefficient (Wildman–Crippen LogP) is 3.70. The molecule has 32 heavy (non-hydrogen) atoms. The average Bonchev–Trinajstić information content (AvgIpc) is 3.36. The van der Waals surface area contributed by atoms with E-state index < -0.39 is 0 Å². The molecule has 0 saturated carbocycles. The quantitative estimate of drug-likeness (QED) is 0.479. The topological polar surface area (TPSA) is 67.7 Å². The van der Waals surface area contributed by atoms with Crippen molar-refractivity contribution in [1.29, 1.82) is 0 Å². The molecule has 1 aliphatic rings. The second kappa shape index (κ2) is 8.03. The number of para-hydroxylation sites is 1. The van der Waals surface area contributed by atoms with Crippen molar-refractivity contribution in [1.82, 2.24) is 19.4 Å². The molecule has 4 heterocycles. The Morgan fingerprint density at radius 1 is 1.16 bits per heavy atom. The van der Waals surface area contributed by atoms with E-state index in [4.69, 9.17) is 4.74 Å². The Hall–Kier alpha value is -3.23. The highest BCUT2D eigenvalue weighted by molar-refractivity contribution is 7.20. The SMILES string of the molecule is CN(C)C(=O)c1sc2ncccc2c1C1CN(C(=O)c2cn(C)c3ccccc23)CCO1. The van der Waals surface area contributed by atoms with Gasteiger partial charge in [-0.15, -0.1) is 11.3 Å². The van der Waals surface area contributed by atoms with E-state index in [2.05, 4.69) is 4.98 Å². The van der Waals surface area contributed by atoms with Gasteiger partial charge in [0.1, 0.15) is 15.8 Å². The zero-order chi connectivity index (χ0) is 22.4. The second-order valence-corrected chi connectivity index (χ2v) is 9.18. The van der Waals surface area contributed by atoms with Crippen LogP contribution in [0.2, 0.25) is 0 Å². The van der Waals surface area contributed by atoms with Crippen LogP contribution in [0.3, 0.4) is 0 Å². The van der Waals surface area contributed by atoms with E-state index in [-0.39, 0.29) is 17.9 Å². The molecule has 4 aromatic rings. The maximum Gasteiger partial charge on any atom is 0.263 e. The van der Waals surface area contributed by atoms with Gasteiger partial charge in [-0.1, -0.05) is 24.3 Å². The van der Waals surface area contributed by atoms with Gasteiger partial charge in [-0.05, 0) is 12.1 Å². The molecular weight excluding hydrogens is 424 g/mol. The van der Waals surface area contributed by atoms with Crippen LogP contribution in [0.25, 0.3) is 21.1 Å². The van der Waals surface area contributed by atoms with Crippen LogP contribution in [0, 0.1) is 0 Å². The molecule has 1 fully saturated rings. The fraction of sp³-hybridized carbons (Fsp3) is 0.292. The van der Waals surface area contributed by atoms with Crippen LogP contribution in [0.1, 0.15) is 31.7 Å². The predicted molar refractivity (Wildman–Crippen MR) is 125 cm³/mol. The highest BCUT2D eigenvalue weighted by atomic mass is 32.1. The molecule has 3 aromatic heterocycles. The van der Waals surface area contributed by atoms with Crippen molar-refractivity contribution < 1.29 is 14.3 Å². The summed E-state index contributed by atoms with van der Waals surface area (Å²) in [5, 5.41) is 1.85. The van der Waals surface area contributed by atoms with E-state index >= 15 is 0 Å². The molecule has 2 amide bonds. The molecule has 164 valence electrons. The first-order valence-corrected chi connectivity index (χ1v) is 11.3. The molecule has 7 nitrogen and oxygen atoms in total. The number of hydrogen-bond donors (Lipinski definition) is 0. The molecule has 1 atom stereocenters. The number of thiophene rings is 1. The van der Waals surface area contributed by atoms with E-state index in [1.54, 1.807) is 25.2 Å². The summed E-state index contributed by atoms with van der Waals surface area (Å²) in [6.45, 7) is 1.31. The lowest BCUT2D eigenvalue weighted by Gasteiger charge is -2.33. The van der Waals surface area contributed by atoms with E-state index in [0.717, 1.165) is 26.7 Å². The summed E-state index contributed by atoms with van der Waals surface area (Å²) in [7, 11) is 5.43. The number of nitrogens with zero attached hydrogens (tertiary/aromatic N) is 4. The number of aryl methyl sites for hydroxylation is 1. The lowest BCUT2D eigenvalue weighted by atomic mass is 10.0. The fourth-order valence-corrected chi connectivity index (χ4v) is 5.54. The Labute approximate surface area is 189 Å². The summed E-state index contributed by atoms with van der Waals surface area (Å²) in [4.78, 5) is 35.7. The summed E-state index contributed by atoms with van der Waals surface area (Å²) < 4.78 is 8.10. The largest absolute Gasteiger partial charge is 0.370 e. The Morgan fingerprint density at radius 2 is 1.94 bits per heavy atom. The molecule has 0 bridgehead atoms. The number of hydrogen-bond acceptors (Lipinski definition) is 5. The van der Waals surface area contributed by atoms with Crippen LogP contribution < -0.4 is 0 Å². The van der Waals surface area contributed by atoms with Crippen molar-refractivity contribution >= 4 is 44.3 Å². The van der Waals surface area contributed by atoms with Crippen LogP contribution in [0.15, 0.2) is 48.8 Å². The Balaban J connectivity index is 1.52. The summed E-state index contributed by atoms with van der Waals surface area (Å²) in [6.07, 6.45) is 3.23. The van der Waals surface area contributed by atoms with E-state index in [9.17, 15) is 9.59 Å². The van der Waals surface area contributed by atoms with E-state index in [0.29, 0.717) is 30.1 Å². The minimum atomic E-state index is -0.389. The highest BCUT2D eigenvalue weighted by Crippen LogP contribution is 2.38. The van der Waals surface area contributed by atoms with Gasteiger partial charge < -0.3 is 19.1 Å². The van der Waals surface area contributed by atoms with Crippen LogP contribution in [-0.2, 0) is 11.8 Å². The normalized spacial score (nSPS) is 16.6. The molecule has 0 radical (unpaired) electrons. The van der Waals surface area contributed by atoms with Crippen molar-refractivity contribution in [3.63, 3.8) is 0 Å². The van der Waals surface area contributed by atoms with Crippen LogP contribution in [0.5, 0.6) is 0 Å². The minimum absolute atomic E-state index is 0.0201. The van der Waals surface area contributed by atoms with Crippen molar-refractivity contribution in [3.05, 3.63) is 64.8 Å². The monoisotopic (exact) mass is 448 g/mol. The maximum atomic E-state index is 13.5. The number of amides is 2. The molecular formula is C24H24N4O3S. The number of pyridine rings is 1. The first-order chi connectivity index (χ1) is 15.5. The molecule has 1 unspecified atom stereocenters. The second-order valence-electron chi connectivity index (χ2n) is 8.18. The minimum Gasteiger partial charge on any atom is -0.370 e.